The molecule has 0 aliphatic heterocycles. The van der Waals surface area contributed by atoms with E-state index in [1.807, 2.05) is 57.2 Å². The van der Waals surface area contributed by atoms with Crippen LogP contribution in [-0.4, -0.2) is 19.6 Å². The molecule has 2 aromatic carbocycles. The summed E-state index contributed by atoms with van der Waals surface area (Å²) in [4.78, 5) is 12.1. The zero-order valence-corrected chi connectivity index (χ0v) is 15.9. The number of carbonyl (C=O) groups excluding carboxylic acids is 1. The number of rotatable bonds is 6. The fraction of sp³-hybridized carbons (Fsp3) is 0.316. The van der Waals surface area contributed by atoms with Crippen molar-refractivity contribution in [3.63, 3.8) is 0 Å². The third-order valence-electron chi connectivity index (χ3n) is 3.90. The number of nitrogens with one attached hydrogen (secondary N) is 1. The first-order valence-corrected chi connectivity index (χ1v) is 8.53. The van der Waals surface area contributed by atoms with Crippen LogP contribution in [-0.2, 0) is 4.79 Å². The number of hydrogen-bond acceptors (Lipinski definition) is 3. The van der Waals surface area contributed by atoms with Crippen LogP contribution in [0.5, 0.6) is 11.5 Å². The third kappa shape index (κ3) is 4.74. The van der Waals surface area contributed by atoms with Crippen LogP contribution in [0.15, 0.2) is 40.9 Å². The Balaban J connectivity index is 1.91. The fourth-order valence-electron chi connectivity index (χ4n) is 2.27. The van der Waals surface area contributed by atoms with Crippen molar-refractivity contribution < 1.29 is 14.3 Å². The highest BCUT2D eigenvalue weighted by molar-refractivity contribution is 9.10. The highest BCUT2D eigenvalue weighted by Gasteiger charge is 2.12. The number of methoxy groups -OCH3 is 1. The zero-order valence-electron chi connectivity index (χ0n) is 14.4. The number of amides is 1. The molecule has 128 valence electrons. The first-order valence-electron chi connectivity index (χ1n) is 7.73. The quantitative estimate of drug-likeness (QED) is 0.796. The average molecular weight is 392 g/mol. The second-order valence-electron chi connectivity index (χ2n) is 5.72. The molecular formula is C19H22BrNO3. The van der Waals surface area contributed by atoms with Gasteiger partial charge in [-0.3, -0.25) is 4.79 Å². The van der Waals surface area contributed by atoms with Crippen molar-refractivity contribution in [2.24, 2.45) is 0 Å². The van der Waals surface area contributed by atoms with E-state index in [9.17, 15) is 4.79 Å². The Morgan fingerprint density at radius 3 is 2.54 bits per heavy atom. The molecule has 0 unspecified atom stereocenters. The molecule has 0 aliphatic rings. The summed E-state index contributed by atoms with van der Waals surface area (Å²) in [5.41, 5.74) is 3.33. The maximum Gasteiger partial charge on any atom is 0.258 e. The largest absolute Gasteiger partial charge is 0.496 e. The first kappa shape index (κ1) is 18.3. The third-order valence-corrected chi connectivity index (χ3v) is 4.52. The van der Waals surface area contributed by atoms with Gasteiger partial charge in [-0.25, -0.2) is 0 Å². The predicted octanol–water partition coefficient (Wildman–Crippen LogP) is 4.33. The summed E-state index contributed by atoms with van der Waals surface area (Å²) < 4.78 is 11.6. The summed E-state index contributed by atoms with van der Waals surface area (Å²) in [6.07, 6.45) is 0. The van der Waals surface area contributed by atoms with E-state index in [0.717, 1.165) is 21.3 Å². The standard InChI is InChI=1S/C19H22BrNO3/c1-12-5-7-16(9-13(12)2)24-11-19(22)21-14(3)15-6-8-18(23-4)17(20)10-15/h5-10,14H,11H2,1-4H3,(H,21,22)/t14-/m1/s1. The van der Waals surface area contributed by atoms with Crippen LogP contribution < -0.4 is 14.8 Å². The molecule has 4 nitrogen and oxygen atoms in total. The van der Waals surface area contributed by atoms with E-state index in [0.29, 0.717) is 5.75 Å². The predicted molar refractivity (Wildman–Crippen MR) is 98.7 cm³/mol. The van der Waals surface area contributed by atoms with Crippen LogP contribution in [0.25, 0.3) is 0 Å². The van der Waals surface area contributed by atoms with Gasteiger partial charge in [0.05, 0.1) is 17.6 Å². The van der Waals surface area contributed by atoms with E-state index in [1.165, 1.54) is 5.56 Å². The van der Waals surface area contributed by atoms with Crippen LogP contribution in [0.2, 0.25) is 0 Å². The second-order valence-corrected chi connectivity index (χ2v) is 6.57. The van der Waals surface area contributed by atoms with Crippen LogP contribution >= 0.6 is 15.9 Å². The molecule has 0 fully saturated rings. The van der Waals surface area contributed by atoms with E-state index >= 15 is 0 Å². The molecule has 0 aromatic heterocycles. The van der Waals surface area contributed by atoms with E-state index in [4.69, 9.17) is 9.47 Å². The van der Waals surface area contributed by atoms with Gasteiger partial charge in [0.2, 0.25) is 0 Å². The SMILES string of the molecule is COc1ccc([C@@H](C)NC(=O)COc2ccc(C)c(C)c2)cc1Br. The minimum absolute atomic E-state index is 0.00976. The minimum atomic E-state index is -0.160. The molecule has 2 rings (SSSR count). The molecule has 0 bridgehead atoms. The van der Waals surface area contributed by atoms with Crippen molar-refractivity contribution in [1.82, 2.24) is 5.32 Å². The Morgan fingerprint density at radius 2 is 1.92 bits per heavy atom. The number of halogens is 1. The Bertz CT molecular complexity index is 731. The monoisotopic (exact) mass is 391 g/mol. The molecule has 0 heterocycles. The second kappa shape index (κ2) is 8.20. The van der Waals surface area contributed by atoms with Gasteiger partial charge >= 0.3 is 0 Å². The maximum atomic E-state index is 12.1. The van der Waals surface area contributed by atoms with E-state index in [2.05, 4.69) is 21.2 Å². The number of benzene rings is 2. The molecule has 24 heavy (non-hydrogen) atoms. The molecule has 0 aliphatic carbocycles. The van der Waals surface area contributed by atoms with Crippen molar-refractivity contribution in [3.05, 3.63) is 57.6 Å². The highest BCUT2D eigenvalue weighted by Crippen LogP contribution is 2.28. The lowest BCUT2D eigenvalue weighted by atomic mass is 10.1. The van der Waals surface area contributed by atoms with Gasteiger partial charge in [-0.15, -0.1) is 0 Å². The van der Waals surface area contributed by atoms with Crippen molar-refractivity contribution in [2.45, 2.75) is 26.8 Å². The average Bonchev–Trinajstić information content (AvgIpc) is 2.55. The number of carbonyl (C=O) groups is 1. The smallest absolute Gasteiger partial charge is 0.258 e. The first-order chi connectivity index (χ1) is 11.4. The topological polar surface area (TPSA) is 47.6 Å². The molecule has 1 atom stereocenters. The number of hydrogen-bond donors (Lipinski definition) is 1. The van der Waals surface area contributed by atoms with E-state index < -0.39 is 0 Å². The highest BCUT2D eigenvalue weighted by atomic mass is 79.9. The molecule has 1 amide bonds. The van der Waals surface area contributed by atoms with Gasteiger partial charge in [0.25, 0.3) is 5.91 Å². The molecule has 1 N–H and O–H groups in total. The maximum absolute atomic E-state index is 12.1. The summed E-state index contributed by atoms with van der Waals surface area (Å²) in [6, 6.07) is 11.4. The molecule has 2 aromatic rings. The lowest BCUT2D eigenvalue weighted by Gasteiger charge is -2.16. The zero-order chi connectivity index (χ0) is 17.7. The van der Waals surface area contributed by atoms with Gasteiger partial charge in [0, 0.05) is 0 Å². The summed E-state index contributed by atoms with van der Waals surface area (Å²) >= 11 is 3.45. The Kier molecular flexibility index (Phi) is 6.26. The molecule has 0 saturated heterocycles. The number of aryl methyl sites for hydroxylation is 2. The Labute approximate surface area is 151 Å². The van der Waals surface area contributed by atoms with Gasteiger partial charge in [-0.1, -0.05) is 12.1 Å². The van der Waals surface area contributed by atoms with Gasteiger partial charge in [-0.2, -0.15) is 0 Å². The van der Waals surface area contributed by atoms with Crippen molar-refractivity contribution in [2.75, 3.05) is 13.7 Å². The van der Waals surface area contributed by atoms with Crippen molar-refractivity contribution in [3.8, 4) is 11.5 Å². The van der Waals surface area contributed by atoms with Gasteiger partial charge in [0.15, 0.2) is 6.61 Å². The van der Waals surface area contributed by atoms with Crippen LogP contribution in [0.3, 0.4) is 0 Å². The minimum Gasteiger partial charge on any atom is -0.496 e. The molecule has 0 saturated carbocycles. The molecule has 0 radical (unpaired) electrons. The van der Waals surface area contributed by atoms with Crippen molar-refractivity contribution >= 4 is 21.8 Å². The lowest BCUT2D eigenvalue weighted by molar-refractivity contribution is -0.123. The summed E-state index contributed by atoms with van der Waals surface area (Å²) in [5.74, 6) is 1.30. The molecule has 5 heteroatoms. The van der Waals surface area contributed by atoms with Gasteiger partial charge < -0.3 is 14.8 Å². The van der Waals surface area contributed by atoms with Crippen molar-refractivity contribution in [1.29, 1.82) is 0 Å². The van der Waals surface area contributed by atoms with Gasteiger partial charge in [0.1, 0.15) is 11.5 Å². The summed E-state index contributed by atoms with van der Waals surface area (Å²) in [6.45, 7) is 5.98. The Morgan fingerprint density at radius 1 is 1.17 bits per heavy atom. The normalized spacial score (nSPS) is 11.7. The van der Waals surface area contributed by atoms with Crippen LogP contribution in [0.4, 0.5) is 0 Å². The van der Waals surface area contributed by atoms with Crippen LogP contribution in [0.1, 0.15) is 29.7 Å². The van der Waals surface area contributed by atoms with Crippen LogP contribution in [0, 0.1) is 13.8 Å². The molecular weight excluding hydrogens is 370 g/mol. The van der Waals surface area contributed by atoms with E-state index in [-0.39, 0.29) is 18.6 Å². The summed E-state index contributed by atoms with van der Waals surface area (Å²) in [5, 5.41) is 2.93. The Hall–Kier alpha value is -2.01. The number of ether oxygens (including phenoxy) is 2. The van der Waals surface area contributed by atoms with E-state index in [1.54, 1.807) is 7.11 Å². The fourth-order valence-corrected chi connectivity index (χ4v) is 2.83. The lowest BCUT2D eigenvalue weighted by Crippen LogP contribution is -2.31. The summed E-state index contributed by atoms with van der Waals surface area (Å²) in [7, 11) is 1.62. The van der Waals surface area contributed by atoms with Gasteiger partial charge in [-0.05, 0) is 77.7 Å². The molecule has 0 spiro atoms.